The van der Waals surface area contributed by atoms with E-state index in [1.165, 1.54) is 13.5 Å². The second-order valence-corrected chi connectivity index (χ2v) is 10.1. The number of H-pyrrole nitrogens is 1. The Bertz CT molecular complexity index is 1300. The molecule has 8 heteroatoms. The van der Waals surface area contributed by atoms with E-state index in [0.717, 1.165) is 62.2 Å². The number of benzene rings is 1. The van der Waals surface area contributed by atoms with Crippen molar-refractivity contribution in [1.29, 1.82) is 0 Å². The van der Waals surface area contributed by atoms with Crippen LogP contribution < -0.4 is 15.6 Å². The molecule has 2 fully saturated rings. The predicted molar refractivity (Wildman–Crippen MR) is 151 cm³/mol. The fourth-order valence-corrected chi connectivity index (χ4v) is 5.57. The molecule has 2 N–H and O–H groups in total. The smallest absolute Gasteiger partial charge is 0.256 e. The van der Waals surface area contributed by atoms with Crippen molar-refractivity contribution in [1.82, 2.24) is 19.8 Å². The van der Waals surface area contributed by atoms with Gasteiger partial charge >= 0.3 is 0 Å². The first-order valence-corrected chi connectivity index (χ1v) is 13.9. The van der Waals surface area contributed by atoms with E-state index in [0.29, 0.717) is 34.6 Å². The van der Waals surface area contributed by atoms with Crippen LogP contribution in [0.4, 0.5) is 0 Å². The molecule has 0 saturated carbocycles. The molecule has 0 bridgehead atoms. The van der Waals surface area contributed by atoms with Gasteiger partial charge in [0.05, 0.1) is 30.9 Å². The van der Waals surface area contributed by atoms with Crippen LogP contribution in [0.5, 0.6) is 5.75 Å². The third kappa shape index (κ3) is 5.97. The molecule has 1 amide bonds. The van der Waals surface area contributed by atoms with Crippen LogP contribution in [0.3, 0.4) is 0 Å². The van der Waals surface area contributed by atoms with Crippen molar-refractivity contribution in [2.75, 3.05) is 33.4 Å². The molecule has 1 unspecified atom stereocenters. The van der Waals surface area contributed by atoms with Crippen LogP contribution in [0, 0.1) is 19.8 Å². The highest BCUT2D eigenvalue weighted by Gasteiger charge is 2.27. The van der Waals surface area contributed by atoms with Crippen LogP contribution in [0.1, 0.15) is 60.4 Å². The van der Waals surface area contributed by atoms with E-state index in [2.05, 4.69) is 25.8 Å². The number of hydrogen-bond acceptors (Lipinski definition) is 5. The molecule has 38 heavy (non-hydrogen) atoms. The van der Waals surface area contributed by atoms with Gasteiger partial charge in [-0.2, -0.15) is 0 Å². The van der Waals surface area contributed by atoms with Gasteiger partial charge in [-0.15, -0.1) is 0 Å². The summed E-state index contributed by atoms with van der Waals surface area (Å²) in [5.41, 5.74) is 3.60. The van der Waals surface area contributed by atoms with Crippen molar-refractivity contribution in [2.45, 2.75) is 66.2 Å². The number of likely N-dealkylation sites (tertiary alicyclic amines) is 1. The molecule has 2 aliphatic heterocycles. The zero-order valence-corrected chi connectivity index (χ0v) is 23.4. The number of carbonyl (C=O) groups is 1. The van der Waals surface area contributed by atoms with Gasteiger partial charge in [-0.05, 0) is 64.3 Å². The molecular weight excluding hydrogens is 480 g/mol. The molecule has 5 rings (SSSR count). The summed E-state index contributed by atoms with van der Waals surface area (Å²) in [5.74, 6) is 0.870. The average Bonchev–Trinajstić information content (AvgIpc) is 3.18. The average molecular weight is 523 g/mol. The summed E-state index contributed by atoms with van der Waals surface area (Å²) in [5, 5.41) is 3.91. The Morgan fingerprint density at radius 1 is 1.13 bits per heavy atom. The SMILES string of the molecule is CC.COc1cc(C)[nH]c(=O)c1CNC(=O)c1c(C)n(CC2CCN(CC3CCO3)CC2)c2ccccc12. The number of aryl methyl sites for hydroxylation is 1. The number of para-hydroxylation sites is 1. The van der Waals surface area contributed by atoms with Crippen LogP contribution in [-0.4, -0.2) is 59.8 Å². The molecule has 1 atom stereocenters. The van der Waals surface area contributed by atoms with Crippen molar-refractivity contribution >= 4 is 16.8 Å². The number of aromatic nitrogens is 2. The normalized spacial score (nSPS) is 18.0. The minimum atomic E-state index is -0.249. The summed E-state index contributed by atoms with van der Waals surface area (Å²) in [4.78, 5) is 31.2. The second kappa shape index (κ2) is 12.6. The number of nitrogens with one attached hydrogen (secondary N) is 2. The summed E-state index contributed by atoms with van der Waals surface area (Å²) in [6.07, 6.45) is 3.91. The van der Waals surface area contributed by atoms with Crippen molar-refractivity contribution in [2.24, 2.45) is 5.92 Å². The van der Waals surface area contributed by atoms with Gasteiger partial charge in [0.2, 0.25) is 0 Å². The lowest BCUT2D eigenvalue weighted by Crippen LogP contribution is -2.43. The Morgan fingerprint density at radius 2 is 1.84 bits per heavy atom. The first-order chi connectivity index (χ1) is 18.4. The molecule has 8 nitrogen and oxygen atoms in total. The van der Waals surface area contributed by atoms with Gasteiger partial charge in [0.25, 0.3) is 11.5 Å². The van der Waals surface area contributed by atoms with Crippen molar-refractivity contribution in [3.63, 3.8) is 0 Å². The molecule has 0 radical (unpaired) electrons. The van der Waals surface area contributed by atoms with E-state index >= 15 is 0 Å². The fourth-order valence-electron chi connectivity index (χ4n) is 5.57. The fraction of sp³-hybridized carbons (Fsp3) is 0.533. The van der Waals surface area contributed by atoms with Gasteiger partial charge in [0.15, 0.2) is 0 Å². The summed E-state index contributed by atoms with van der Waals surface area (Å²) >= 11 is 0. The van der Waals surface area contributed by atoms with Gasteiger partial charge in [-0.1, -0.05) is 32.0 Å². The summed E-state index contributed by atoms with van der Waals surface area (Å²) in [7, 11) is 1.53. The lowest BCUT2D eigenvalue weighted by atomic mass is 9.96. The maximum absolute atomic E-state index is 13.4. The van der Waals surface area contributed by atoms with Crippen molar-refractivity contribution in [3.8, 4) is 5.75 Å². The number of aromatic amines is 1. The number of pyridine rings is 1. The van der Waals surface area contributed by atoms with Crippen LogP contribution in [0.2, 0.25) is 0 Å². The molecule has 2 aliphatic rings. The highest BCUT2D eigenvalue weighted by Crippen LogP contribution is 2.29. The largest absolute Gasteiger partial charge is 0.496 e. The Kier molecular flexibility index (Phi) is 9.28. The number of ether oxygens (including phenoxy) is 2. The van der Waals surface area contributed by atoms with E-state index in [-0.39, 0.29) is 18.0 Å². The topological polar surface area (TPSA) is 88.6 Å². The maximum atomic E-state index is 13.4. The van der Waals surface area contributed by atoms with Gasteiger partial charge in [-0.25, -0.2) is 0 Å². The van der Waals surface area contributed by atoms with Crippen molar-refractivity contribution < 1.29 is 14.3 Å². The Hall–Kier alpha value is -3.10. The van der Waals surface area contributed by atoms with Crippen LogP contribution in [0.15, 0.2) is 35.1 Å². The number of fused-ring (bicyclic) bond motifs is 1. The molecule has 4 heterocycles. The van der Waals surface area contributed by atoms with Crippen LogP contribution in [-0.2, 0) is 17.8 Å². The first kappa shape index (κ1) is 27.9. The molecule has 1 aromatic carbocycles. The predicted octanol–water partition coefficient (Wildman–Crippen LogP) is 4.41. The zero-order valence-electron chi connectivity index (χ0n) is 23.4. The van der Waals surface area contributed by atoms with Gasteiger partial charge in [0.1, 0.15) is 5.75 Å². The first-order valence-electron chi connectivity index (χ1n) is 13.9. The molecule has 2 aromatic heterocycles. The monoisotopic (exact) mass is 522 g/mol. The number of rotatable bonds is 8. The highest BCUT2D eigenvalue weighted by molar-refractivity contribution is 6.08. The van der Waals surface area contributed by atoms with E-state index in [9.17, 15) is 9.59 Å². The van der Waals surface area contributed by atoms with E-state index in [4.69, 9.17) is 9.47 Å². The number of amides is 1. The number of piperidine rings is 1. The Labute approximate surface area is 225 Å². The van der Waals surface area contributed by atoms with Gasteiger partial charge in [-0.3, -0.25) is 9.59 Å². The maximum Gasteiger partial charge on any atom is 0.256 e. The molecule has 0 aliphatic carbocycles. The number of carbonyl (C=O) groups excluding carboxylic acids is 1. The summed E-state index contributed by atoms with van der Waals surface area (Å²) < 4.78 is 13.3. The molecule has 3 aromatic rings. The molecule has 0 spiro atoms. The second-order valence-electron chi connectivity index (χ2n) is 10.1. The van der Waals surface area contributed by atoms with Crippen molar-refractivity contribution in [3.05, 3.63) is 63.2 Å². The quantitative estimate of drug-likeness (QED) is 0.458. The number of nitrogens with zero attached hydrogens (tertiary/aromatic N) is 2. The Balaban J connectivity index is 0.00000164. The van der Waals surface area contributed by atoms with Gasteiger partial charge in [0, 0.05) is 42.0 Å². The molecule has 206 valence electrons. The standard InChI is InChI=1S/C28H36N4O4.C2H6/c1-18-14-25(35-3)23(27(33)30-18)15-29-28(34)26-19(2)32(24-7-5-4-6-22(24)26)16-20-8-11-31(12-9-20)17-21-10-13-36-21;1-2/h4-7,14,20-21H,8-13,15-17H2,1-3H3,(H,29,34)(H,30,33);1-2H3. The van der Waals surface area contributed by atoms with Crippen LogP contribution >= 0.6 is 0 Å². The van der Waals surface area contributed by atoms with Crippen LogP contribution in [0.25, 0.3) is 10.9 Å². The Morgan fingerprint density at radius 3 is 2.50 bits per heavy atom. The summed E-state index contributed by atoms with van der Waals surface area (Å²) in [6, 6.07) is 9.87. The number of hydrogen-bond donors (Lipinski definition) is 2. The minimum Gasteiger partial charge on any atom is -0.496 e. The lowest BCUT2D eigenvalue weighted by Gasteiger charge is -2.37. The highest BCUT2D eigenvalue weighted by atomic mass is 16.5. The van der Waals surface area contributed by atoms with E-state index < -0.39 is 0 Å². The zero-order chi connectivity index (χ0) is 27.2. The summed E-state index contributed by atoms with van der Waals surface area (Å²) in [6.45, 7) is 13.0. The minimum absolute atomic E-state index is 0.0970. The number of methoxy groups -OCH3 is 1. The van der Waals surface area contributed by atoms with Gasteiger partial charge < -0.3 is 29.2 Å². The van der Waals surface area contributed by atoms with E-state index in [1.54, 1.807) is 13.0 Å². The third-order valence-corrected chi connectivity index (χ3v) is 7.74. The van der Waals surface area contributed by atoms with E-state index in [1.807, 2.05) is 39.0 Å². The molecular formula is C30H42N4O4. The lowest BCUT2D eigenvalue weighted by molar-refractivity contribution is -0.0701. The third-order valence-electron chi connectivity index (χ3n) is 7.74. The molecule has 2 saturated heterocycles.